The first-order valence-corrected chi connectivity index (χ1v) is 8.02. The average molecular weight is 274 g/mol. The van der Waals surface area contributed by atoms with Crippen LogP contribution < -0.4 is 0 Å². The molecule has 0 N–H and O–H groups in total. The van der Waals surface area contributed by atoms with E-state index < -0.39 is 0 Å². The molecule has 1 unspecified atom stereocenters. The van der Waals surface area contributed by atoms with Crippen molar-refractivity contribution >= 4 is 16.8 Å². The summed E-state index contributed by atoms with van der Waals surface area (Å²) in [5.41, 5.74) is 1.28. The zero-order valence-electron chi connectivity index (χ0n) is 11.8. The van der Waals surface area contributed by atoms with Crippen LogP contribution in [0.3, 0.4) is 0 Å². The summed E-state index contributed by atoms with van der Waals surface area (Å²) in [6, 6.07) is 10.6. The SMILES string of the molecule is CN(C)C1N=C(c2ccccc2)SC12CCCCC2. The molecule has 3 heteroatoms. The average Bonchev–Trinajstić information content (AvgIpc) is 2.80. The fourth-order valence-corrected chi connectivity index (χ4v) is 4.96. The van der Waals surface area contributed by atoms with Gasteiger partial charge in [-0.05, 0) is 26.9 Å². The van der Waals surface area contributed by atoms with Crippen LogP contribution in [0, 0.1) is 0 Å². The molecule has 1 atom stereocenters. The first kappa shape index (κ1) is 13.2. The van der Waals surface area contributed by atoms with E-state index in [9.17, 15) is 0 Å². The van der Waals surface area contributed by atoms with Gasteiger partial charge in [-0.25, -0.2) is 0 Å². The van der Waals surface area contributed by atoms with Crippen LogP contribution in [-0.2, 0) is 0 Å². The Hall–Kier alpha value is -0.800. The van der Waals surface area contributed by atoms with Gasteiger partial charge in [0.25, 0.3) is 0 Å². The highest BCUT2D eigenvalue weighted by Crippen LogP contribution is 2.49. The van der Waals surface area contributed by atoms with Crippen LogP contribution in [0.1, 0.15) is 37.7 Å². The molecule has 2 nitrogen and oxygen atoms in total. The lowest BCUT2D eigenvalue weighted by molar-refractivity contribution is 0.208. The molecule has 3 rings (SSSR count). The van der Waals surface area contributed by atoms with Gasteiger partial charge in [0, 0.05) is 5.56 Å². The minimum absolute atomic E-state index is 0.326. The van der Waals surface area contributed by atoms with Crippen LogP contribution in [0.25, 0.3) is 0 Å². The molecule has 0 aromatic heterocycles. The molecule has 19 heavy (non-hydrogen) atoms. The van der Waals surface area contributed by atoms with Gasteiger partial charge >= 0.3 is 0 Å². The molecule has 1 aromatic carbocycles. The Morgan fingerprint density at radius 2 is 1.79 bits per heavy atom. The summed E-state index contributed by atoms with van der Waals surface area (Å²) in [5.74, 6) is 0. The van der Waals surface area contributed by atoms with E-state index in [1.807, 2.05) is 11.8 Å². The van der Waals surface area contributed by atoms with E-state index in [-0.39, 0.29) is 0 Å². The number of rotatable bonds is 2. The molecule has 1 fully saturated rings. The Balaban J connectivity index is 1.91. The van der Waals surface area contributed by atoms with Crippen LogP contribution in [0.5, 0.6) is 0 Å². The zero-order valence-corrected chi connectivity index (χ0v) is 12.6. The Morgan fingerprint density at radius 1 is 1.11 bits per heavy atom. The van der Waals surface area contributed by atoms with Crippen molar-refractivity contribution in [3.8, 4) is 0 Å². The van der Waals surface area contributed by atoms with Crippen molar-refractivity contribution in [1.82, 2.24) is 4.90 Å². The minimum Gasteiger partial charge on any atom is -0.287 e. The molecule has 1 heterocycles. The summed E-state index contributed by atoms with van der Waals surface area (Å²) in [5, 5.41) is 1.24. The smallest absolute Gasteiger partial charge is 0.118 e. The molecule has 1 aliphatic carbocycles. The first-order valence-electron chi connectivity index (χ1n) is 7.20. The summed E-state index contributed by atoms with van der Waals surface area (Å²) in [4.78, 5) is 7.34. The van der Waals surface area contributed by atoms with Crippen molar-refractivity contribution in [3.05, 3.63) is 35.9 Å². The van der Waals surface area contributed by atoms with Gasteiger partial charge in [-0.1, -0.05) is 61.4 Å². The van der Waals surface area contributed by atoms with Crippen molar-refractivity contribution in [2.75, 3.05) is 14.1 Å². The maximum Gasteiger partial charge on any atom is 0.118 e. The van der Waals surface area contributed by atoms with Gasteiger partial charge in [0.1, 0.15) is 11.2 Å². The third-order valence-electron chi connectivity index (χ3n) is 4.22. The largest absolute Gasteiger partial charge is 0.287 e. The number of hydrogen-bond donors (Lipinski definition) is 0. The second-order valence-electron chi connectivity index (χ2n) is 5.87. The number of aliphatic imine (C=N–C) groups is 1. The summed E-state index contributed by atoms with van der Waals surface area (Å²) in [6.07, 6.45) is 7.06. The van der Waals surface area contributed by atoms with Crippen molar-refractivity contribution in [1.29, 1.82) is 0 Å². The quantitative estimate of drug-likeness (QED) is 0.816. The number of benzene rings is 1. The molecule has 0 saturated heterocycles. The molecule has 102 valence electrons. The Kier molecular flexibility index (Phi) is 3.68. The number of thioether (sulfide) groups is 1. The first-order chi connectivity index (χ1) is 9.21. The van der Waals surface area contributed by atoms with Crippen molar-refractivity contribution < 1.29 is 0 Å². The van der Waals surface area contributed by atoms with Gasteiger partial charge in [-0.2, -0.15) is 0 Å². The lowest BCUT2D eigenvalue weighted by Crippen LogP contribution is -2.45. The van der Waals surface area contributed by atoms with Gasteiger partial charge in [0.05, 0.1) is 4.75 Å². The molecule has 2 aliphatic rings. The third kappa shape index (κ3) is 2.46. The standard InChI is InChI=1S/C16H22N2S/c1-18(2)15-16(11-7-4-8-12-16)19-14(17-15)13-9-5-3-6-10-13/h3,5-6,9-10,15H,4,7-8,11-12H2,1-2H3. The fourth-order valence-electron chi connectivity index (χ4n) is 3.31. The highest BCUT2D eigenvalue weighted by molar-refractivity contribution is 8.15. The fraction of sp³-hybridized carbons (Fsp3) is 0.562. The van der Waals surface area contributed by atoms with Gasteiger partial charge in [0.2, 0.25) is 0 Å². The normalized spacial score (nSPS) is 25.8. The maximum atomic E-state index is 5.04. The van der Waals surface area contributed by atoms with E-state index in [4.69, 9.17) is 4.99 Å². The van der Waals surface area contributed by atoms with Crippen LogP contribution in [0.4, 0.5) is 0 Å². The number of hydrogen-bond acceptors (Lipinski definition) is 3. The highest BCUT2D eigenvalue weighted by atomic mass is 32.2. The van der Waals surface area contributed by atoms with Crippen molar-refractivity contribution in [3.63, 3.8) is 0 Å². The summed E-state index contributed by atoms with van der Waals surface area (Å²) in [6.45, 7) is 0. The predicted octanol–water partition coefficient (Wildman–Crippen LogP) is 3.77. The van der Waals surface area contributed by atoms with Gasteiger partial charge < -0.3 is 0 Å². The molecule has 1 aromatic rings. The minimum atomic E-state index is 0.326. The topological polar surface area (TPSA) is 15.6 Å². The molecule has 1 saturated carbocycles. The molecular formula is C16H22N2S. The molecule has 0 bridgehead atoms. The second-order valence-corrected chi connectivity index (χ2v) is 7.27. The Labute approximate surface area is 120 Å². The van der Waals surface area contributed by atoms with E-state index in [1.54, 1.807) is 0 Å². The van der Waals surface area contributed by atoms with E-state index in [0.29, 0.717) is 10.9 Å². The summed E-state index contributed by atoms with van der Waals surface area (Å²) >= 11 is 2.03. The van der Waals surface area contributed by atoms with E-state index in [1.165, 1.54) is 42.7 Å². The lowest BCUT2D eigenvalue weighted by atomic mass is 9.85. The van der Waals surface area contributed by atoms with Crippen molar-refractivity contribution in [2.45, 2.75) is 43.0 Å². The summed E-state index contributed by atoms with van der Waals surface area (Å²) < 4.78 is 0.326. The van der Waals surface area contributed by atoms with E-state index in [2.05, 4.69) is 49.3 Å². The van der Waals surface area contributed by atoms with Crippen LogP contribution in [0.2, 0.25) is 0 Å². The van der Waals surface area contributed by atoms with E-state index in [0.717, 1.165) is 0 Å². The molecule has 1 spiro atoms. The zero-order chi connectivity index (χ0) is 13.3. The Morgan fingerprint density at radius 3 is 2.42 bits per heavy atom. The van der Waals surface area contributed by atoms with Crippen LogP contribution >= 0.6 is 11.8 Å². The maximum absolute atomic E-state index is 5.04. The van der Waals surface area contributed by atoms with Crippen molar-refractivity contribution in [2.24, 2.45) is 4.99 Å². The third-order valence-corrected chi connectivity index (χ3v) is 5.78. The van der Waals surface area contributed by atoms with E-state index >= 15 is 0 Å². The molecule has 1 aliphatic heterocycles. The summed E-state index contributed by atoms with van der Waals surface area (Å²) in [7, 11) is 4.33. The van der Waals surface area contributed by atoms with Gasteiger partial charge in [-0.3, -0.25) is 9.89 Å². The monoisotopic (exact) mass is 274 g/mol. The number of nitrogens with zero attached hydrogens (tertiary/aromatic N) is 2. The highest BCUT2D eigenvalue weighted by Gasteiger charge is 2.47. The van der Waals surface area contributed by atoms with Crippen LogP contribution in [0.15, 0.2) is 35.3 Å². The van der Waals surface area contributed by atoms with Crippen LogP contribution in [-0.4, -0.2) is 35.0 Å². The molecule has 0 radical (unpaired) electrons. The lowest BCUT2D eigenvalue weighted by Gasteiger charge is -2.39. The molecule has 0 amide bonds. The second kappa shape index (κ2) is 5.29. The Bertz CT molecular complexity index is 461. The van der Waals surface area contributed by atoms with Gasteiger partial charge in [-0.15, -0.1) is 0 Å². The predicted molar refractivity (Wildman–Crippen MR) is 83.9 cm³/mol. The molecular weight excluding hydrogens is 252 g/mol. The van der Waals surface area contributed by atoms with Gasteiger partial charge in [0.15, 0.2) is 0 Å².